The van der Waals surface area contributed by atoms with Crippen LogP contribution in [0.4, 0.5) is 8.78 Å². The Morgan fingerprint density at radius 2 is 1.81 bits per heavy atom. The molecule has 0 aliphatic rings. The SMILES string of the molecule is CC(C)(C#N)c1ccc(CN=C/C(=C\N)C(=O)NCc2cc(F)c(C(=N)N)c(F)c2)cc1. The van der Waals surface area contributed by atoms with Crippen molar-refractivity contribution in [1.82, 2.24) is 5.32 Å². The minimum atomic E-state index is -0.984. The number of halogens is 2. The first-order valence-electron chi connectivity index (χ1n) is 9.62. The monoisotopic (exact) mass is 438 g/mol. The van der Waals surface area contributed by atoms with Gasteiger partial charge in [-0.3, -0.25) is 15.2 Å². The number of nitriles is 1. The minimum absolute atomic E-state index is 0.0773. The van der Waals surface area contributed by atoms with Crippen LogP contribution in [0.15, 0.2) is 53.2 Å². The summed E-state index contributed by atoms with van der Waals surface area (Å²) >= 11 is 0. The summed E-state index contributed by atoms with van der Waals surface area (Å²) in [6, 6.07) is 11.7. The number of amides is 1. The highest BCUT2D eigenvalue weighted by atomic mass is 19.1. The molecule has 1 amide bonds. The predicted molar refractivity (Wildman–Crippen MR) is 119 cm³/mol. The van der Waals surface area contributed by atoms with Gasteiger partial charge in [0.2, 0.25) is 0 Å². The first-order valence-corrected chi connectivity index (χ1v) is 9.62. The van der Waals surface area contributed by atoms with Gasteiger partial charge in [-0.1, -0.05) is 24.3 Å². The molecule has 7 nitrogen and oxygen atoms in total. The van der Waals surface area contributed by atoms with Crippen LogP contribution in [-0.2, 0) is 23.3 Å². The van der Waals surface area contributed by atoms with E-state index in [0.717, 1.165) is 29.5 Å². The number of nitrogens with one attached hydrogen (secondary N) is 2. The highest BCUT2D eigenvalue weighted by molar-refractivity contribution is 6.12. The molecule has 0 fully saturated rings. The number of hydrogen-bond donors (Lipinski definition) is 4. The summed E-state index contributed by atoms with van der Waals surface area (Å²) in [6.45, 7) is 3.79. The van der Waals surface area contributed by atoms with E-state index in [-0.39, 0.29) is 17.7 Å². The van der Waals surface area contributed by atoms with Crippen LogP contribution in [0, 0.1) is 28.4 Å². The number of nitrogens with zero attached hydrogens (tertiary/aromatic N) is 2. The molecule has 9 heteroatoms. The Morgan fingerprint density at radius 3 is 2.31 bits per heavy atom. The van der Waals surface area contributed by atoms with E-state index in [0.29, 0.717) is 6.54 Å². The zero-order chi connectivity index (χ0) is 23.9. The summed E-state index contributed by atoms with van der Waals surface area (Å²) in [5, 5.41) is 18.9. The standard InChI is InChI=1S/C23H24F2N6O/c1-23(2,13-27)17-5-3-14(4-6-17)10-30-12-16(9-26)22(32)31-11-15-7-18(24)20(21(28)29)19(25)8-15/h3-9,12H,10-11,26H2,1-2H3,(H3,28,29)(H,31,32)/b16-9+,30-12?. The minimum Gasteiger partial charge on any atom is -0.404 e. The molecule has 2 aromatic carbocycles. The molecule has 0 spiro atoms. The molecule has 0 aromatic heterocycles. The molecule has 2 aromatic rings. The van der Waals surface area contributed by atoms with Crippen molar-refractivity contribution >= 4 is 18.0 Å². The molecule has 0 aliphatic carbocycles. The van der Waals surface area contributed by atoms with Gasteiger partial charge >= 0.3 is 0 Å². The van der Waals surface area contributed by atoms with Gasteiger partial charge in [0.1, 0.15) is 17.5 Å². The molecule has 32 heavy (non-hydrogen) atoms. The van der Waals surface area contributed by atoms with E-state index < -0.39 is 34.4 Å². The molecule has 2 rings (SSSR count). The molecule has 0 saturated heterocycles. The van der Waals surface area contributed by atoms with E-state index in [1.165, 1.54) is 6.21 Å². The van der Waals surface area contributed by atoms with Crippen molar-refractivity contribution < 1.29 is 13.6 Å². The number of aliphatic imine (C=N–C) groups is 1. The van der Waals surface area contributed by atoms with Crippen molar-refractivity contribution in [2.45, 2.75) is 32.4 Å². The first-order chi connectivity index (χ1) is 15.1. The van der Waals surface area contributed by atoms with Crippen molar-refractivity contribution in [2.75, 3.05) is 0 Å². The van der Waals surface area contributed by atoms with Gasteiger partial charge in [0, 0.05) is 19.0 Å². The number of hydrogen-bond acceptors (Lipinski definition) is 5. The van der Waals surface area contributed by atoms with Gasteiger partial charge in [-0.25, -0.2) is 8.78 Å². The molecule has 0 bridgehead atoms. The van der Waals surface area contributed by atoms with E-state index in [4.69, 9.17) is 16.9 Å². The van der Waals surface area contributed by atoms with Crippen LogP contribution in [0.1, 0.15) is 36.1 Å². The first kappa shape index (κ1) is 24.2. The van der Waals surface area contributed by atoms with Crippen LogP contribution in [0.3, 0.4) is 0 Å². The lowest BCUT2D eigenvalue weighted by molar-refractivity contribution is -0.117. The summed E-state index contributed by atoms with van der Waals surface area (Å²) in [5.41, 5.74) is 11.5. The highest BCUT2D eigenvalue weighted by Crippen LogP contribution is 2.22. The molecule has 0 aliphatic heterocycles. The number of nitrogen functional groups attached to an aromatic ring is 1. The van der Waals surface area contributed by atoms with Gasteiger partial charge < -0.3 is 16.8 Å². The Labute approximate surface area is 185 Å². The number of rotatable bonds is 8. The van der Waals surface area contributed by atoms with Crippen LogP contribution in [0.5, 0.6) is 0 Å². The molecule has 0 atom stereocenters. The van der Waals surface area contributed by atoms with Crippen molar-refractivity contribution in [1.29, 1.82) is 10.7 Å². The maximum atomic E-state index is 13.9. The van der Waals surface area contributed by atoms with Crippen molar-refractivity contribution in [3.63, 3.8) is 0 Å². The normalized spacial score (nSPS) is 11.9. The van der Waals surface area contributed by atoms with Crippen LogP contribution < -0.4 is 16.8 Å². The molecule has 0 heterocycles. The third-order valence-corrected chi connectivity index (χ3v) is 4.73. The smallest absolute Gasteiger partial charge is 0.254 e. The second-order valence-corrected chi connectivity index (χ2v) is 7.56. The van der Waals surface area contributed by atoms with Crippen molar-refractivity contribution in [2.24, 2.45) is 16.5 Å². The van der Waals surface area contributed by atoms with Gasteiger partial charge in [0.05, 0.1) is 29.2 Å². The third-order valence-electron chi connectivity index (χ3n) is 4.73. The lowest BCUT2D eigenvalue weighted by Crippen LogP contribution is -2.26. The lowest BCUT2D eigenvalue weighted by atomic mass is 9.86. The molecule has 0 saturated carbocycles. The Kier molecular flexibility index (Phi) is 7.80. The van der Waals surface area contributed by atoms with Crippen LogP contribution in [-0.4, -0.2) is 18.0 Å². The molecule has 0 unspecified atom stereocenters. The predicted octanol–water partition coefficient (Wildman–Crippen LogP) is 2.78. The molecular weight excluding hydrogens is 414 g/mol. The lowest BCUT2D eigenvalue weighted by Gasteiger charge is -2.15. The van der Waals surface area contributed by atoms with Gasteiger partial charge in [-0.15, -0.1) is 0 Å². The zero-order valence-electron chi connectivity index (χ0n) is 17.7. The Morgan fingerprint density at radius 1 is 1.22 bits per heavy atom. The Bertz CT molecular complexity index is 1090. The maximum Gasteiger partial charge on any atom is 0.254 e. The number of carbonyl (C=O) groups excluding carboxylic acids is 1. The topological polar surface area (TPSA) is 141 Å². The molecule has 166 valence electrons. The number of benzene rings is 2. The number of carbonyl (C=O) groups is 1. The zero-order valence-corrected chi connectivity index (χ0v) is 17.7. The van der Waals surface area contributed by atoms with Crippen molar-refractivity contribution in [3.8, 4) is 6.07 Å². The van der Waals surface area contributed by atoms with E-state index >= 15 is 0 Å². The second kappa shape index (κ2) is 10.3. The van der Waals surface area contributed by atoms with Crippen LogP contribution in [0.25, 0.3) is 0 Å². The summed E-state index contributed by atoms with van der Waals surface area (Å²) in [7, 11) is 0. The Hall–Kier alpha value is -4.06. The van der Waals surface area contributed by atoms with E-state index in [1.807, 2.05) is 38.1 Å². The van der Waals surface area contributed by atoms with Gasteiger partial charge in [0.25, 0.3) is 5.91 Å². The van der Waals surface area contributed by atoms with Crippen molar-refractivity contribution in [3.05, 3.63) is 82.1 Å². The summed E-state index contributed by atoms with van der Waals surface area (Å²) in [4.78, 5) is 16.5. The molecule has 0 radical (unpaired) electrons. The Balaban J connectivity index is 1.98. The van der Waals surface area contributed by atoms with Gasteiger partial charge in [0.15, 0.2) is 0 Å². The highest BCUT2D eigenvalue weighted by Gasteiger charge is 2.19. The van der Waals surface area contributed by atoms with E-state index in [2.05, 4.69) is 16.4 Å². The average molecular weight is 438 g/mol. The van der Waals surface area contributed by atoms with E-state index in [9.17, 15) is 18.8 Å². The van der Waals surface area contributed by atoms with Crippen LogP contribution in [0.2, 0.25) is 0 Å². The number of amidine groups is 1. The fourth-order valence-electron chi connectivity index (χ4n) is 2.79. The summed E-state index contributed by atoms with van der Waals surface area (Å²) in [5.74, 6) is -3.26. The fraction of sp³-hybridized carbons (Fsp3) is 0.217. The summed E-state index contributed by atoms with van der Waals surface area (Å²) < 4.78 is 27.8. The number of nitrogens with two attached hydrogens (primary N) is 2. The average Bonchev–Trinajstić information content (AvgIpc) is 2.74. The largest absolute Gasteiger partial charge is 0.404 e. The van der Waals surface area contributed by atoms with Crippen LogP contribution >= 0.6 is 0 Å². The van der Waals surface area contributed by atoms with Gasteiger partial charge in [-0.2, -0.15) is 5.26 Å². The molecular formula is C23H24F2N6O. The van der Waals surface area contributed by atoms with E-state index in [1.54, 1.807) is 0 Å². The fourth-order valence-corrected chi connectivity index (χ4v) is 2.79. The second-order valence-electron chi connectivity index (χ2n) is 7.56. The van der Waals surface area contributed by atoms with Gasteiger partial charge in [-0.05, 0) is 42.7 Å². The maximum absolute atomic E-state index is 13.9. The molecule has 6 N–H and O–H groups in total. The quantitative estimate of drug-likeness (QED) is 0.286. The third kappa shape index (κ3) is 5.98. The summed E-state index contributed by atoms with van der Waals surface area (Å²) in [6.07, 6.45) is 2.39.